The number of carbonyl (C=O) groups excluding carboxylic acids is 1. The minimum absolute atomic E-state index is 0.0260. The predicted octanol–water partition coefficient (Wildman–Crippen LogP) is 3.44. The van der Waals surface area contributed by atoms with E-state index in [2.05, 4.69) is 15.5 Å². The Hall–Kier alpha value is -2.61. The lowest BCUT2D eigenvalue weighted by Gasteiger charge is -2.01. The van der Waals surface area contributed by atoms with Crippen LogP contribution < -0.4 is 5.32 Å². The number of carbonyl (C=O) groups is 1. The van der Waals surface area contributed by atoms with Gasteiger partial charge in [0.15, 0.2) is 11.5 Å². The van der Waals surface area contributed by atoms with E-state index in [-0.39, 0.29) is 17.0 Å². The summed E-state index contributed by atoms with van der Waals surface area (Å²) in [6.07, 6.45) is 3.23. The van der Waals surface area contributed by atoms with Gasteiger partial charge in [-0.15, -0.1) is 11.3 Å². The second-order valence-corrected chi connectivity index (χ2v) is 5.94. The smallest absolute Gasteiger partial charge is 0.273 e. The van der Waals surface area contributed by atoms with Crippen LogP contribution in [-0.4, -0.2) is 22.6 Å². The fourth-order valence-corrected chi connectivity index (χ4v) is 2.80. The van der Waals surface area contributed by atoms with Crippen LogP contribution in [0.2, 0.25) is 0 Å². The molecule has 124 valence electrons. The average molecular weight is 349 g/mol. The highest BCUT2D eigenvalue weighted by Crippen LogP contribution is 2.26. The number of rotatable bonds is 6. The van der Waals surface area contributed by atoms with E-state index in [1.807, 2.05) is 5.38 Å². The Balaban J connectivity index is 1.59. The molecule has 0 bridgehead atoms. The fourth-order valence-electron chi connectivity index (χ4n) is 2.14. The largest absolute Gasteiger partial charge is 0.355 e. The summed E-state index contributed by atoms with van der Waals surface area (Å²) in [5.74, 6) is -2.14. The van der Waals surface area contributed by atoms with E-state index in [0.717, 1.165) is 30.0 Å². The average Bonchev–Trinajstić information content (AvgIpc) is 3.23. The molecule has 2 heterocycles. The van der Waals surface area contributed by atoms with Gasteiger partial charge in [-0.2, -0.15) is 0 Å². The topological polar surface area (TPSA) is 68.0 Å². The molecule has 24 heavy (non-hydrogen) atoms. The first-order valence-electron chi connectivity index (χ1n) is 7.23. The minimum atomic E-state index is -0.776. The highest BCUT2D eigenvalue weighted by atomic mass is 32.1. The molecule has 1 aromatic carbocycles. The molecule has 8 heteroatoms. The van der Waals surface area contributed by atoms with Gasteiger partial charge in [-0.25, -0.2) is 13.8 Å². The quantitative estimate of drug-likeness (QED) is 0.692. The van der Waals surface area contributed by atoms with Gasteiger partial charge in [0.25, 0.3) is 5.91 Å². The van der Waals surface area contributed by atoms with E-state index in [1.54, 1.807) is 17.5 Å². The van der Waals surface area contributed by atoms with Crippen LogP contribution in [0.4, 0.5) is 8.78 Å². The van der Waals surface area contributed by atoms with Gasteiger partial charge in [0, 0.05) is 30.6 Å². The first-order valence-corrected chi connectivity index (χ1v) is 8.11. The monoisotopic (exact) mass is 349 g/mol. The fraction of sp³-hybridized carbons (Fsp3) is 0.188. The Bertz CT molecular complexity index is 813. The Morgan fingerprint density at radius 2 is 2.08 bits per heavy atom. The molecule has 1 amide bonds. The number of hydrogen-bond acceptors (Lipinski definition) is 5. The van der Waals surface area contributed by atoms with Gasteiger partial charge in [-0.1, -0.05) is 11.2 Å². The van der Waals surface area contributed by atoms with Crippen molar-refractivity contribution in [2.24, 2.45) is 0 Å². The molecule has 3 aromatic rings. The Kier molecular flexibility index (Phi) is 4.95. The SMILES string of the molecule is O=C(NCCCc1nccs1)c1cc(-c2c(F)cccc2F)on1. The van der Waals surface area contributed by atoms with Gasteiger partial charge in [0.1, 0.15) is 11.6 Å². The zero-order valence-corrected chi connectivity index (χ0v) is 13.3. The van der Waals surface area contributed by atoms with Crippen molar-refractivity contribution in [2.75, 3.05) is 6.54 Å². The summed E-state index contributed by atoms with van der Waals surface area (Å²) < 4.78 is 32.3. The molecule has 1 N–H and O–H groups in total. The standard InChI is InChI=1S/C16H13F2N3O2S/c17-10-3-1-4-11(18)15(10)13-9-12(21-23-13)16(22)20-6-2-5-14-19-7-8-24-14/h1,3-4,7-9H,2,5-6H2,(H,20,22). The summed E-state index contributed by atoms with van der Waals surface area (Å²) in [6, 6.07) is 4.69. The molecule has 2 aromatic heterocycles. The maximum atomic E-state index is 13.7. The van der Waals surface area contributed by atoms with Crippen molar-refractivity contribution in [1.29, 1.82) is 0 Å². The van der Waals surface area contributed by atoms with Crippen molar-refractivity contribution < 1.29 is 18.1 Å². The number of halogens is 2. The van der Waals surface area contributed by atoms with E-state index < -0.39 is 17.5 Å². The van der Waals surface area contributed by atoms with Gasteiger partial charge >= 0.3 is 0 Å². The molecule has 0 unspecified atom stereocenters. The van der Waals surface area contributed by atoms with Crippen molar-refractivity contribution in [2.45, 2.75) is 12.8 Å². The van der Waals surface area contributed by atoms with Crippen molar-refractivity contribution in [3.63, 3.8) is 0 Å². The van der Waals surface area contributed by atoms with Crippen molar-refractivity contribution in [3.8, 4) is 11.3 Å². The first-order chi connectivity index (χ1) is 11.6. The molecule has 0 fully saturated rings. The Morgan fingerprint density at radius 3 is 2.79 bits per heavy atom. The number of hydrogen-bond donors (Lipinski definition) is 1. The number of thiazole rings is 1. The second-order valence-electron chi connectivity index (χ2n) is 4.96. The van der Waals surface area contributed by atoms with Crippen LogP contribution in [-0.2, 0) is 6.42 Å². The lowest BCUT2D eigenvalue weighted by atomic mass is 10.1. The highest BCUT2D eigenvalue weighted by Gasteiger charge is 2.18. The number of nitrogens with zero attached hydrogens (tertiary/aromatic N) is 2. The van der Waals surface area contributed by atoms with Crippen LogP contribution in [0.3, 0.4) is 0 Å². The van der Waals surface area contributed by atoms with Gasteiger partial charge in [-0.3, -0.25) is 4.79 Å². The molecular weight excluding hydrogens is 336 g/mol. The number of aryl methyl sites for hydroxylation is 1. The summed E-state index contributed by atoms with van der Waals surface area (Å²) in [7, 11) is 0. The molecule has 0 aliphatic carbocycles. The van der Waals surface area contributed by atoms with Crippen molar-refractivity contribution in [3.05, 3.63) is 58.2 Å². The van der Waals surface area contributed by atoms with Gasteiger partial charge in [0.2, 0.25) is 0 Å². The zero-order chi connectivity index (χ0) is 16.9. The van der Waals surface area contributed by atoms with Crippen molar-refractivity contribution >= 4 is 17.2 Å². The number of nitrogens with one attached hydrogen (secondary N) is 1. The van der Waals surface area contributed by atoms with Crippen molar-refractivity contribution in [1.82, 2.24) is 15.5 Å². The predicted molar refractivity (Wildman–Crippen MR) is 84.6 cm³/mol. The zero-order valence-electron chi connectivity index (χ0n) is 12.5. The summed E-state index contributed by atoms with van der Waals surface area (Å²) in [4.78, 5) is 16.1. The summed E-state index contributed by atoms with van der Waals surface area (Å²) >= 11 is 1.56. The number of aromatic nitrogens is 2. The van der Waals surface area contributed by atoms with E-state index >= 15 is 0 Å². The van der Waals surface area contributed by atoms with E-state index in [9.17, 15) is 13.6 Å². The van der Waals surface area contributed by atoms with Crippen LogP contribution in [0.1, 0.15) is 21.9 Å². The normalized spacial score (nSPS) is 10.8. The van der Waals surface area contributed by atoms with Gasteiger partial charge < -0.3 is 9.84 Å². The van der Waals surface area contributed by atoms with Crippen LogP contribution in [0, 0.1) is 11.6 Å². The number of amides is 1. The highest BCUT2D eigenvalue weighted by molar-refractivity contribution is 7.09. The third-order valence-electron chi connectivity index (χ3n) is 3.29. The molecule has 5 nitrogen and oxygen atoms in total. The Morgan fingerprint density at radius 1 is 1.29 bits per heavy atom. The van der Waals surface area contributed by atoms with Crippen LogP contribution in [0.25, 0.3) is 11.3 Å². The summed E-state index contributed by atoms with van der Waals surface area (Å²) in [5, 5.41) is 9.15. The Labute approximate surface area is 140 Å². The van der Waals surface area contributed by atoms with Gasteiger partial charge in [-0.05, 0) is 18.6 Å². The molecular formula is C16H13F2N3O2S. The first kappa shape index (κ1) is 16.3. The summed E-state index contributed by atoms with van der Waals surface area (Å²) in [6.45, 7) is 0.439. The minimum Gasteiger partial charge on any atom is -0.355 e. The lowest BCUT2D eigenvalue weighted by Crippen LogP contribution is -2.25. The van der Waals surface area contributed by atoms with Crippen LogP contribution >= 0.6 is 11.3 Å². The second kappa shape index (κ2) is 7.31. The van der Waals surface area contributed by atoms with E-state index in [0.29, 0.717) is 6.54 Å². The third kappa shape index (κ3) is 3.65. The molecule has 0 aliphatic heterocycles. The van der Waals surface area contributed by atoms with Gasteiger partial charge in [0.05, 0.1) is 10.6 Å². The molecule has 0 spiro atoms. The van der Waals surface area contributed by atoms with Crippen LogP contribution in [0.15, 0.2) is 40.4 Å². The van der Waals surface area contributed by atoms with E-state index in [1.165, 1.54) is 12.1 Å². The van der Waals surface area contributed by atoms with E-state index in [4.69, 9.17) is 4.52 Å². The molecule has 0 saturated heterocycles. The molecule has 0 saturated carbocycles. The number of benzene rings is 1. The maximum absolute atomic E-state index is 13.7. The molecule has 0 atom stereocenters. The summed E-state index contributed by atoms with van der Waals surface area (Å²) in [5.41, 5.74) is -0.366. The molecule has 0 radical (unpaired) electrons. The maximum Gasteiger partial charge on any atom is 0.273 e. The third-order valence-corrected chi connectivity index (χ3v) is 4.13. The molecule has 0 aliphatic rings. The van der Waals surface area contributed by atoms with Crippen LogP contribution in [0.5, 0.6) is 0 Å². The lowest BCUT2D eigenvalue weighted by molar-refractivity contribution is 0.0944. The molecule has 3 rings (SSSR count).